The number of rotatable bonds is 3. The second-order valence-corrected chi connectivity index (χ2v) is 4.57. The van der Waals surface area contributed by atoms with Crippen LogP contribution in [0.25, 0.3) is 0 Å². The van der Waals surface area contributed by atoms with Gasteiger partial charge in [0.25, 0.3) is 5.91 Å². The minimum atomic E-state index is -0.180. The molecule has 0 aliphatic carbocycles. The Hall–Kier alpha value is -1.26. The van der Waals surface area contributed by atoms with Gasteiger partial charge in [-0.15, -0.1) is 0 Å². The molecule has 5 heteroatoms. The number of halogens is 2. The van der Waals surface area contributed by atoms with Crippen molar-refractivity contribution in [3.63, 3.8) is 0 Å². The molecule has 0 aliphatic rings. The van der Waals surface area contributed by atoms with Crippen LogP contribution in [0.5, 0.6) is 0 Å². The lowest BCUT2D eigenvalue weighted by Crippen LogP contribution is -2.22. The zero-order chi connectivity index (χ0) is 12.3. The SMILES string of the molecule is O=C(NCc1ccc(Cl)cc1)c1ccoc1Br. The van der Waals surface area contributed by atoms with Crippen molar-refractivity contribution in [2.75, 3.05) is 0 Å². The summed E-state index contributed by atoms with van der Waals surface area (Å²) in [7, 11) is 0. The maximum Gasteiger partial charge on any atom is 0.256 e. The van der Waals surface area contributed by atoms with Crippen molar-refractivity contribution in [1.29, 1.82) is 0 Å². The third-order valence-electron chi connectivity index (χ3n) is 2.23. The van der Waals surface area contributed by atoms with Crippen LogP contribution in [0.2, 0.25) is 5.02 Å². The highest BCUT2D eigenvalue weighted by molar-refractivity contribution is 9.10. The average molecular weight is 315 g/mol. The van der Waals surface area contributed by atoms with E-state index in [0.29, 0.717) is 21.8 Å². The number of nitrogens with one attached hydrogen (secondary N) is 1. The molecule has 0 atom stereocenters. The fraction of sp³-hybridized carbons (Fsp3) is 0.0833. The topological polar surface area (TPSA) is 42.2 Å². The fourth-order valence-corrected chi connectivity index (χ4v) is 1.88. The molecule has 0 spiro atoms. The van der Waals surface area contributed by atoms with Gasteiger partial charge >= 0.3 is 0 Å². The minimum Gasteiger partial charge on any atom is -0.457 e. The molecule has 0 saturated heterocycles. The lowest BCUT2D eigenvalue weighted by Gasteiger charge is -2.04. The molecule has 0 fully saturated rings. The summed E-state index contributed by atoms with van der Waals surface area (Å²) in [6.07, 6.45) is 1.46. The molecule has 0 saturated carbocycles. The van der Waals surface area contributed by atoms with E-state index in [2.05, 4.69) is 21.2 Å². The zero-order valence-electron chi connectivity index (χ0n) is 8.74. The van der Waals surface area contributed by atoms with E-state index in [1.807, 2.05) is 12.1 Å². The van der Waals surface area contributed by atoms with Crippen molar-refractivity contribution in [2.45, 2.75) is 6.54 Å². The Kier molecular flexibility index (Phi) is 3.86. The summed E-state index contributed by atoms with van der Waals surface area (Å²) in [5.41, 5.74) is 1.47. The second kappa shape index (κ2) is 5.38. The van der Waals surface area contributed by atoms with E-state index in [1.54, 1.807) is 18.2 Å². The van der Waals surface area contributed by atoms with Crippen molar-refractivity contribution in [2.24, 2.45) is 0 Å². The first kappa shape index (κ1) is 12.2. The van der Waals surface area contributed by atoms with Gasteiger partial charge < -0.3 is 9.73 Å². The van der Waals surface area contributed by atoms with E-state index >= 15 is 0 Å². The molecule has 1 heterocycles. The molecule has 88 valence electrons. The Bertz CT molecular complexity index is 522. The summed E-state index contributed by atoms with van der Waals surface area (Å²) < 4.78 is 5.43. The van der Waals surface area contributed by atoms with E-state index < -0.39 is 0 Å². The summed E-state index contributed by atoms with van der Waals surface area (Å²) >= 11 is 8.93. The van der Waals surface area contributed by atoms with Gasteiger partial charge in [0.1, 0.15) is 0 Å². The van der Waals surface area contributed by atoms with Gasteiger partial charge in [-0.2, -0.15) is 0 Å². The van der Waals surface area contributed by atoms with Gasteiger partial charge in [0.15, 0.2) is 4.67 Å². The second-order valence-electron chi connectivity index (χ2n) is 3.42. The standard InChI is InChI=1S/C12H9BrClNO2/c13-11-10(5-6-17-11)12(16)15-7-8-1-3-9(14)4-2-8/h1-6H,7H2,(H,15,16). The number of furan rings is 1. The van der Waals surface area contributed by atoms with E-state index in [9.17, 15) is 4.79 Å². The number of hydrogen-bond donors (Lipinski definition) is 1. The molecule has 1 N–H and O–H groups in total. The zero-order valence-corrected chi connectivity index (χ0v) is 11.1. The Morgan fingerprint density at radius 2 is 2.00 bits per heavy atom. The Morgan fingerprint density at radius 1 is 1.29 bits per heavy atom. The van der Waals surface area contributed by atoms with Gasteiger partial charge in [-0.1, -0.05) is 23.7 Å². The van der Waals surface area contributed by atoms with Crippen LogP contribution in [0.3, 0.4) is 0 Å². The number of hydrogen-bond acceptors (Lipinski definition) is 2. The first-order valence-corrected chi connectivity index (χ1v) is 6.09. The normalized spacial score (nSPS) is 10.2. The molecule has 17 heavy (non-hydrogen) atoms. The molecule has 2 rings (SSSR count). The molecular weight excluding hydrogens is 305 g/mol. The first-order valence-electron chi connectivity index (χ1n) is 4.92. The number of amides is 1. The molecule has 0 radical (unpaired) electrons. The number of benzene rings is 1. The van der Waals surface area contributed by atoms with Crippen LogP contribution in [0.1, 0.15) is 15.9 Å². The number of carbonyl (C=O) groups is 1. The van der Waals surface area contributed by atoms with Crippen LogP contribution >= 0.6 is 27.5 Å². The smallest absolute Gasteiger partial charge is 0.256 e. The molecule has 1 aromatic heterocycles. The lowest BCUT2D eigenvalue weighted by molar-refractivity contribution is 0.0949. The first-order chi connectivity index (χ1) is 8.16. The molecule has 1 aromatic carbocycles. The van der Waals surface area contributed by atoms with Crippen LogP contribution in [0.4, 0.5) is 0 Å². The summed E-state index contributed by atoms with van der Waals surface area (Å²) in [4.78, 5) is 11.7. The third-order valence-corrected chi connectivity index (χ3v) is 3.09. The van der Waals surface area contributed by atoms with Crippen LogP contribution in [0, 0.1) is 0 Å². The lowest BCUT2D eigenvalue weighted by atomic mass is 10.2. The van der Waals surface area contributed by atoms with E-state index in [4.69, 9.17) is 16.0 Å². The van der Waals surface area contributed by atoms with Gasteiger partial charge in [-0.25, -0.2) is 0 Å². The predicted molar refractivity (Wildman–Crippen MR) is 69.0 cm³/mol. The molecular formula is C12H9BrClNO2. The Morgan fingerprint density at radius 3 is 2.59 bits per heavy atom. The fourth-order valence-electron chi connectivity index (χ4n) is 1.34. The summed E-state index contributed by atoms with van der Waals surface area (Å²) in [5, 5.41) is 3.47. The summed E-state index contributed by atoms with van der Waals surface area (Å²) in [6.45, 7) is 0.452. The average Bonchev–Trinajstić information content (AvgIpc) is 2.74. The summed E-state index contributed by atoms with van der Waals surface area (Å²) in [5.74, 6) is -0.180. The Labute approximate surface area is 112 Å². The molecule has 0 unspecified atom stereocenters. The van der Waals surface area contributed by atoms with E-state index in [1.165, 1.54) is 6.26 Å². The third kappa shape index (κ3) is 3.11. The van der Waals surface area contributed by atoms with Crippen molar-refractivity contribution in [1.82, 2.24) is 5.32 Å². The molecule has 3 nitrogen and oxygen atoms in total. The van der Waals surface area contributed by atoms with Crippen LogP contribution in [0.15, 0.2) is 45.7 Å². The number of carbonyl (C=O) groups excluding carboxylic acids is 1. The van der Waals surface area contributed by atoms with Crippen LogP contribution in [-0.4, -0.2) is 5.91 Å². The van der Waals surface area contributed by atoms with E-state index in [0.717, 1.165) is 5.56 Å². The minimum absolute atomic E-state index is 0.180. The molecule has 2 aromatic rings. The summed E-state index contributed by atoms with van der Waals surface area (Å²) in [6, 6.07) is 8.93. The molecule has 0 aliphatic heterocycles. The van der Waals surface area contributed by atoms with Crippen molar-refractivity contribution >= 4 is 33.4 Å². The predicted octanol–water partition coefficient (Wildman–Crippen LogP) is 3.63. The van der Waals surface area contributed by atoms with Gasteiger partial charge in [0, 0.05) is 11.6 Å². The van der Waals surface area contributed by atoms with Gasteiger partial charge in [-0.3, -0.25) is 4.79 Å². The highest BCUT2D eigenvalue weighted by Gasteiger charge is 2.11. The largest absolute Gasteiger partial charge is 0.457 e. The quantitative estimate of drug-likeness (QED) is 0.940. The maximum absolute atomic E-state index is 11.7. The monoisotopic (exact) mass is 313 g/mol. The van der Waals surface area contributed by atoms with Crippen LogP contribution in [-0.2, 0) is 6.54 Å². The molecule has 1 amide bonds. The van der Waals surface area contributed by atoms with Gasteiger partial charge in [-0.05, 0) is 39.7 Å². The maximum atomic E-state index is 11.7. The highest BCUT2D eigenvalue weighted by atomic mass is 79.9. The van der Waals surface area contributed by atoms with Crippen molar-refractivity contribution in [3.05, 3.63) is 57.4 Å². The Balaban J connectivity index is 1.97. The van der Waals surface area contributed by atoms with Crippen molar-refractivity contribution < 1.29 is 9.21 Å². The van der Waals surface area contributed by atoms with Crippen molar-refractivity contribution in [3.8, 4) is 0 Å². The molecule has 0 bridgehead atoms. The van der Waals surface area contributed by atoms with Gasteiger partial charge in [0.05, 0.1) is 11.8 Å². The van der Waals surface area contributed by atoms with E-state index in [-0.39, 0.29) is 5.91 Å². The van der Waals surface area contributed by atoms with Crippen LogP contribution < -0.4 is 5.32 Å². The van der Waals surface area contributed by atoms with Gasteiger partial charge in [0.2, 0.25) is 0 Å². The highest BCUT2D eigenvalue weighted by Crippen LogP contribution is 2.17.